The lowest BCUT2D eigenvalue weighted by Gasteiger charge is -2.32. The number of carbonyl (C=O) groups is 1. The maximum absolute atomic E-state index is 12.1. The van der Waals surface area contributed by atoms with Crippen molar-refractivity contribution in [2.45, 2.75) is 78.1 Å². The van der Waals surface area contributed by atoms with Crippen LogP contribution >= 0.6 is 0 Å². The van der Waals surface area contributed by atoms with Crippen molar-refractivity contribution in [2.75, 3.05) is 13.1 Å². The Balaban J connectivity index is 1.84. The smallest absolute Gasteiger partial charge is 0.444 e. The van der Waals surface area contributed by atoms with Gasteiger partial charge in [0.2, 0.25) is 0 Å². The van der Waals surface area contributed by atoms with E-state index in [9.17, 15) is 4.79 Å². The minimum Gasteiger partial charge on any atom is -0.444 e. The van der Waals surface area contributed by atoms with Gasteiger partial charge in [0.15, 0.2) is 0 Å². The van der Waals surface area contributed by atoms with Gasteiger partial charge in [-0.05, 0) is 61.3 Å². The molecule has 5 nitrogen and oxygen atoms in total. The number of hydrogen-bond acceptors (Lipinski definition) is 4. The van der Waals surface area contributed by atoms with Gasteiger partial charge in [-0.25, -0.2) is 4.79 Å². The minimum atomic E-state index is -0.473. The molecule has 1 amide bonds. The molecule has 0 unspecified atom stereocenters. The summed E-state index contributed by atoms with van der Waals surface area (Å²) in [5.74, 6) is 6.65. The number of ether oxygens (including phenoxy) is 1. The third-order valence-electron chi connectivity index (χ3n) is 4.81. The molecule has 0 atom stereocenters. The normalized spacial score (nSPS) is 23.6. The van der Waals surface area contributed by atoms with Gasteiger partial charge in [0.1, 0.15) is 5.60 Å². The van der Waals surface area contributed by atoms with Crippen LogP contribution in [0.5, 0.6) is 0 Å². The molecule has 0 saturated carbocycles. The largest absolute Gasteiger partial charge is 0.551 e. The average molecular weight is 335 g/mol. The van der Waals surface area contributed by atoms with Crippen LogP contribution < -0.4 is 0 Å². The van der Waals surface area contributed by atoms with E-state index in [4.69, 9.17) is 14.0 Å². The van der Waals surface area contributed by atoms with Crippen LogP contribution in [-0.2, 0) is 14.0 Å². The Kier molecular flexibility index (Phi) is 5.27. The lowest BCUT2D eigenvalue weighted by atomic mass is 9.88. The quantitative estimate of drug-likeness (QED) is 0.504. The minimum absolute atomic E-state index is 0.236. The first-order valence-corrected chi connectivity index (χ1v) is 8.74. The average Bonchev–Trinajstić information content (AvgIpc) is 2.63. The maximum atomic E-state index is 12.1. The molecule has 0 aromatic rings. The summed E-state index contributed by atoms with van der Waals surface area (Å²) in [6.07, 6.45) is 1.47. The Morgan fingerprint density at radius 1 is 1.12 bits per heavy atom. The van der Waals surface area contributed by atoms with Crippen molar-refractivity contribution in [3.8, 4) is 11.7 Å². The topological polar surface area (TPSA) is 48.0 Å². The lowest BCUT2D eigenvalue weighted by molar-refractivity contribution is 0.00578. The van der Waals surface area contributed by atoms with Gasteiger partial charge in [-0.15, -0.1) is 5.92 Å². The molecule has 0 aliphatic carbocycles. The van der Waals surface area contributed by atoms with E-state index in [0.29, 0.717) is 13.1 Å². The number of piperidine rings is 1. The van der Waals surface area contributed by atoms with Gasteiger partial charge in [0.25, 0.3) is 0 Å². The molecule has 2 rings (SSSR count). The van der Waals surface area contributed by atoms with E-state index in [2.05, 4.69) is 11.7 Å². The summed E-state index contributed by atoms with van der Waals surface area (Å²) in [6, 6.07) is 0. The molecular weight excluding hydrogens is 305 g/mol. The molecule has 2 heterocycles. The van der Waals surface area contributed by atoms with Crippen LogP contribution in [0.25, 0.3) is 0 Å². The second kappa shape index (κ2) is 6.61. The van der Waals surface area contributed by atoms with Crippen molar-refractivity contribution >= 4 is 13.2 Å². The van der Waals surface area contributed by atoms with Gasteiger partial charge in [-0.3, -0.25) is 0 Å². The number of rotatable bonds is 0. The second-order valence-electron chi connectivity index (χ2n) is 8.62. The highest BCUT2D eigenvalue weighted by atomic mass is 16.7. The fourth-order valence-electron chi connectivity index (χ4n) is 2.62. The molecule has 0 aromatic heterocycles. The van der Waals surface area contributed by atoms with E-state index in [0.717, 1.165) is 12.8 Å². The molecular formula is C18H30BNO4. The Morgan fingerprint density at radius 3 is 2.08 bits per heavy atom. The predicted molar refractivity (Wildman–Crippen MR) is 94.4 cm³/mol. The summed E-state index contributed by atoms with van der Waals surface area (Å²) >= 11 is 0. The summed E-state index contributed by atoms with van der Waals surface area (Å²) in [5, 5.41) is 0. The molecule has 0 radical (unpaired) electrons. The Morgan fingerprint density at radius 2 is 1.62 bits per heavy atom. The summed E-state index contributed by atoms with van der Waals surface area (Å²) in [7, 11) is -0.473. The van der Waals surface area contributed by atoms with Crippen LogP contribution in [0.2, 0.25) is 0 Å². The Labute approximate surface area is 146 Å². The van der Waals surface area contributed by atoms with Crippen LogP contribution in [0.15, 0.2) is 0 Å². The molecule has 0 bridgehead atoms. The molecule has 0 aromatic carbocycles. The van der Waals surface area contributed by atoms with Crippen molar-refractivity contribution in [2.24, 2.45) is 5.92 Å². The number of likely N-dealkylation sites (tertiary alicyclic amines) is 1. The van der Waals surface area contributed by atoms with E-state index in [1.165, 1.54) is 0 Å². The van der Waals surface area contributed by atoms with Crippen LogP contribution in [0, 0.1) is 17.7 Å². The summed E-state index contributed by atoms with van der Waals surface area (Å²) in [4.78, 5) is 13.8. The number of carbonyl (C=O) groups excluding carboxylic acids is 1. The second-order valence-corrected chi connectivity index (χ2v) is 8.62. The first-order chi connectivity index (χ1) is 10.9. The van der Waals surface area contributed by atoms with E-state index in [-0.39, 0.29) is 23.2 Å². The third kappa shape index (κ3) is 4.67. The molecule has 2 saturated heterocycles. The van der Waals surface area contributed by atoms with Gasteiger partial charge < -0.3 is 18.9 Å². The van der Waals surface area contributed by atoms with E-state index in [1.807, 2.05) is 48.5 Å². The predicted octanol–water partition coefficient (Wildman–Crippen LogP) is 3.27. The number of nitrogens with zero attached hydrogens (tertiary/aromatic N) is 1. The van der Waals surface area contributed by atoms with Crippen molar-refractivity contribution in [1.82, 2.24) is 4.90 Å². The van der Waals surface area contributed by atoms with Crippen LogP contribution in [0.4, 0.5) is 4.79 Å². The first kappa shape index (κ1) is 19.1. The number of hydrogen-bond donors (Lipinski definition) is 0. The Hall–Kier alpha value is -1.19. The zero-order valence-electron chi connectivity index (χ0n) is 16.1. The number of amides is 1. The van der Waals surface area contributed by atoms with Gasteiger partial charge >= 0.3 is 13.2 Å². The highest BCUT2D eigenvalue weighted by Gasteiger charge is 2.50. The van der Waals surface area contributed by atoms with Gasteiger partial charge in [0.05, 0.1) is 11.2 Å². The lowest BCUT2D eigenvalue weighted by Crippen LogP contribution is -2.41. The standard InChI is InChI=1S/C18H30BNO4/c1-16(2,3)22-15(21)20-12-9-14(10-13-20)8-11-19-23-17(4,5)18(6,7)24-19/h14H,9-10,12-13H2,1-7H3. The van der Waals surface area contributed by atoms with Crippen molar-refractivity contribution in [3.05, 3.63) is 0 Å². The highest BCUT2D eigenvalue weighted by molar-refractivity contribution is 6.55. The van der Waals surface area contributed by atoms with Gasteiger partial charge in [-0.2, -0.15) is 0 Å². The van der Waals surface area contributed by atoms with E-state index in [1.54, 1.807) is 4.90 Å². The molecule has 0 N–H and O–H groups in total. The van der Waals surface area contributed by atoms with Crippen molar-refractivity contribution < 1.29 is 18.8 Å². The van der Waals surface area contributed by atoms with Crippen LogP contribution in [-0.4, -0.2) is 48.0 Å². The fraction of sp³-hybridized carbons (Fsp3) is 0.833. The fourth-order valence-corrected chi connectivity index (χ4v) is 2.62. The zero-order chi connectivity index (χ0) is 18.2. The van der Waals surface area contributed by atoms with Crippen LogP contribution in [0.3, 0.4) is 0 Å². The van der Waals surface area contributed by atoms with Crippen molar-refractivity contribution in [3.63, 3.8) is 0 Å². The van der Waals surface area contributed by atoms with E-state index >= 15 is 0 Å². The van der Waals surface area contributed by atoms with Crippen LogP contribution in [0.1, 0.15) is 61.3 Å². The summed E-state index contributed by atoms with van der Waals surface area (Å²) < 4.78 is 17.2. The third-order valence-corrected chi connectivity index (χ3v) is 4.81. The molecule has 2 aliphatic heterocycles. The van der Waals surface area contributed by atoms with E-state index < -0.39 is 12.7 Å². The maximum Gasteiger partial charge on any atom is 0.551 e. The molecule has 134 valence electrons. The highest BCUT2D eigenvalue weighted by Crippen LogP contribution is 2.36. The zero-order valence-corrected chi connectivity index (χ0v) is 16.1. The monoisotopic (exact) mass is 335 g/mol. The molecule has 0 spiro atoms. The first-order valence-electron chi connectivity index (χ1n) is 8.74. The molecule has 6 heteroatoms. The molecule has 24 heavy (non-hydrogen) atoms. The summed E-state index contributed by atoms with van der Waals surface area (Å²) in [6.45, 7) is 15.1. The van der Waals surface area contributed by atoms with Gasteiger partial charge in [0, 0.05) is 19.0 Å². The SMILES string of the molecule is CC(C)(C)OC(=O)N1CCC(C#CB2OC(C)(C)C(C)(C)O2)CC1. The van der Waals surface area contributed by atoms with Crippen molar-refractivity contribution in [1.29, 1.82) is 0 Å². The molecule has 2 fully saturated rings. The molecule has 2 aliphatic rings. The Bertz CT molecular complexity index is 517. The van der Waals surface area contributed by atoms with Gasteiger partial charge in [-0.1, -0.05) is 5.82 Å². The summed E-state index contributed by atoms with van der Waals surface area (Å²) in [5.41, 5.74) is -1.16.